The first kappa shape index (κ1) is 19.8. The molecule has 0 saturated carbocycles. The van der Waals surface area contributed by atoms with Crippen molar-refractivity contribution in [2.75, 3.05) is 13.0 Å². The van der Waals surface area contributed by atoms with Crippen LogP contribution in [0.25, 0.3) is 11.4 Å². The summed E-state index contributed by atoms with van der Waals surface area (Å²) in [6.45, 7) is 4.25. The highest BCUT2D eigenvalue weighted by molar-refractivity contribution is 8.00. The maximum atomic E-state index is 12.4. The van der Waals surface area contributed by atoms with Crippen molar-refractivity contribution in [2.45, 2.75) is 30.8 Å². The predicted molar refractivity (Wildman–Crippen MR) is 111 cm³/mol. The Morgan fingerprint density at radius 1 is 1.21 bits per heavy atom. The summed E-state index contributed by atoms with van der Waals surface area (Å²) < 4.78 is 6.56. The zero-order valence-electron chi connectivity index (χ0n) is 16.0. The molecule has 0 aliphatic heterocycles. The molecule has 1 heterocycles. The molecule has 0 fully saturated rings. The van der Waals surface area contributed by atoms with E-state index in [1.54, 1.807) is 7.11 Å². The summed E-state index contributed by atoms with van der Waals surface area (Å²) in [5, 5.41) is 11.4. The second-order valence-corrected chi connectivity index (χ2v) is 7.63. The quantitative estimate of drug-likeness (QED) is 0.470. The number of nitrogen functional groups attached to an aromatic ring is 1. The van der Waals surface area contributed by atoms with Crippen molar-refractivity contribution < 1.29 is 9.53 Å². The molecular formula is C20H23N5O2S. The third kappa shape index (κ3) is 4.45. The second-order valence-electron chi connectivity index (χ2n) is 6.32. The number of rotatable bonds is 7. The number of nitrogens with one attached hydrogen (secondary N) is 1. The van der Waals surface area contributed by atoms with Crippen molar-refractivity contribution in [2.24, 2.45) is 0 Å². The van der Waals surface area contributed by atoms with Gasteiger partial charge in [-0.1, -0.05) is 48.2 Å². The minimum absolute atomic E-state index is 0.0961. The van der Waals surface area contributed by atoms with Crippen LogP contribution in [-0.4, -0.2) is 33.1 Å². The Hall–Kier alpha value is -3.00. The van der Waals surface area contributed by atoms with Crippen LogP contribution >= 0.6 is 11.8 Å². The van der Waals surface area contributed by atoms with E-state index in [4.69, 9.17) is 10.6 Å². The smallest absolute Gasteiger partial charge is 0.233 e. The number of nitrogens with zero attached hydrogens (tertiary/aromatic N) is 3. The van der Waals surface area contributed by atoms with Crippen LogP contribution in [0.15, 0.2) is 53.7 Å². The average Bonchev–Trinajstić information content (AvgIpc) is 3.07. The standard InChI is InChI=1S/C20H23N5O2S/c1-13-6-4-5-7-17(13)18-23-24-20(25(18)21)28-14(2)19(26)22-12-15-8-10-16(27-3)11-9-15/h4-11,14H,12,21H2,1-3H3,(H,22,26)/t14-/m1/s1. The molecule has 0 aliphatic rings. The fraction of sp³-hybridized carbons (Fsp3) is 0.250. The molecule has 3 rings (SSSR count). The fourth-order valence-electron chi connectivity index (χ4n) is 2.65. The number of thioether (sulfide) groups is 1. The molecule has 146 valence electrons. The van der Waals surface area contributed by atoms with Gasteiger partial charge in [-0.25, -0.2) is 4.68 Å². The van der Waals surface area contributed by atoms with Crippen LogP contribution in [0.5, 0.6) is 5.75 Å². The summed E-state index contributed by atoms with van der Waals surface area (Å²) in [7, 11) is 1.62. The van der Waals surface area contributed by atoms with E-state index in [-0.39, 0.29) is 11.2 Å². The van der Waals surface area contributed by atoms with E-state index in [0.29, 0.717) is 17.5 Å². The first-order valence-electron chi connectivity index (χ1n) is 8.83. The van der Waals surface area contributed by atoms with Gasteiger partial charge in [0.25, 0.3) is 0 Å². The van der Waals surface area contributed by atoms with Crippen molar-refractivity contribution >= 4 is 17.7 Å². The molecule has 3 N–H and O–H groups in total. The van der Waals surface area contributed by atoms with Crippen LogP contribution in [0.1, 0.15) is 18.1 Å². The fourth-order valence-corrected chi connectivity index (χ4v) is 3.45. The van der Waals surface area contributed by atoms with Crippen LogP contribution in [0.3, 0.4) is 0 Å². The van der Waals surface area contributed by atoms with E-state index >= 15 is 0 Å². The van der Waals surface area contributed by atoms with Gasteiger partial charge in [-0.3, -0.25) is 4.79 Å². The van der Waals surface area contributed by atoms with Crippen molar-refractivity contribution in [3.63, 3.8) is 0 Å². The van der Waals surface area contributed by atoms with E-state index in [9.17, 15) is 4.79 Å². The van der Waals surface area contributed by atoms with E-state index in [1.807, 2.05) is 62.4 Å². The summed E-state index contributed by atoms with van der Waals surface area (Å²) in [5.41, 5.74) is 2.97. The minimum atomic E-state index is -0.366. The van der Waals surface area contributed by atoms with Crippen molar-refractivity contribution in [1.82, 2.24) is 20.2 Å². The van der Waals surface area contributed by atoms with Gasteiger partial charge < -0.3 is 15.9 Å². The lowest BCUT2D eigenvalue weighted by atomic mass is 10.1. The van der Waals surface area contributed by atoms with Crippen molar-refractivity contribution in [1.29, 1.82) is 0 Å². The number of ether oxygens (including phenoxy) is 1. The van der Waals surface area contributed by atoms with Gasteiger partial charge in [-0.15, -0.1) is 10.2 Å². The summed E-state index contributed by atoms with van der Waals surface area (Å²) in [4.78, 5) is 12.4. The summed E-state index contributed by atoms with van der Waals surface area (Å²) in [5.74, 6) is 7.43. The number of carbonyl (C=O) groups is 1. The first-order valence-corrected chi connectivity index (χ1v) is 9.71. The topological polar surface area (TPSA) is 95.1 Å². The molecule has 8 heteroatoms. The number of aromatic nitrogens is 3. The maximum absolute atomic E-state index is 12.4. The highest BCUT2D eigenvalue weighted by atomic mass is 32.2. The summed E-state index contributed by atoms with van der Waals surface area (Å²) in [6, 6.07) is 15.4. The predicted octanol–water partition coefficient (Wildman–Crippen LogP) is 2.77. The van der Waals surface area contributed by atoms with Crippen LogP contribution in [0, 0.1) is 6.92 Å². The lowest BCUT2D eigenvalue weighted by Crippen LogP contribution is -2.30. The number of hydrogen-bond acceptors (Lipinski definition) is 6. The van der Waals surface area contributed by atoms with E-state index in [1.165, 1.54) is 16.4 Å². The van der Waals surface area contributed by atoms with Gasteiger partial charge in [0.05, 0.1) is 12.4 Å². The molecular weight excluding hydrogens is 374 g/mol. The summed E-state index contributed by atoms with van der Waals surface area (Å²) in [6.07, 6.45) is 0. The first-order chi connectivity index (χ1) is 13.5. The molecule has 0 unspecified atom stereocenters. The molecule has 0 radical (unpaired) electrons. The molecule has 28 heavy (non-hydrogen) atoms. The number of benzene rings is 2. The molecule has 2 aromatic carbocycles. The van der Waals surface area contributed by atoms with Gasteiger partial charge in [0.1, 0.15) is 5.75 Å². The van der Waals surface area contributed by atoms with Crippen molar-refractivity contribution in [3.8, 4) is 17.1 Å². The van der Waals surface area contributed by atoms with Gasteiger partial charge >= 0.3 is 0 Å². The van der Waals surface area contributed by atoms with Gasteiger partial charge in [-0.05, 0) is 37.1 Å². The Balaban J connectivity index is 1.62. The molecule has 0 spiro atoms. The van der Waals surface area contributed by atoms with Crippen LogP contribution in [-0.2, 0) is 11.3 Å². The van der Waals surface area contributed by atoms with Crippen LogP contribution in [0.4, 0.5) is 0 Å². The number of aryl methyl sites for hydroxylation is 1. The summed E-state index contributed by atoms with van der Waals surface area (Å²) >= 11 is 1.27. The number of carbonyl (C=O) groups excluding carboxylic acids is 1. The Kier molecular flexibility index (Phi) is 6.20. The molecule has 1 aromatic heterocycles. The normalized spacial score (nSPS) is 11.8. The van der Waals surface area contributed by atoms with Crippen LogP contribution in [0.2, 0.25) is 0 Å². The zero-order valence-corrected chi connectivity index (χ0v) is 16.9. The van der Waals surface area contributed by atoms with Gasteiger partial charge in [0, 0.05) is 12.1 Å². The Morgan fingerprint density at radius 2 is 1.93 bits per heavy atom. The molecule has 7 nitrogen and oxygen atoms in total. The van der Waals surface area contributed by atoms with Crippen molar-refractivity contribution in [3.05, 3.63) is 59.7 Å². The number of amides is 1. The van der Waals surface area contributed by atoms with Gasteiger partial charge in [0.15, 0.2) is 5.82 Å². The minimum Gasteiger partial charge on any atom is -0.497 e. The number of hydrogen-bond donors (Lipinski definition) is 2. The Morgan fingerprint density at radius 3 is 2.61 bits per heavy atom. The second kappa shape index (κ2) is 8.79. The van der Waals surface area contributed by atoms with Crippen LogP contribution < -0.4 is 15.9 Å². The molecule has 0 aliphatic carbocycles. The van der Waals surface area contributed by atoms with Gasteiger partial charge in [0.2, 0.25) is 11.1 Å². The SMILES string of the molecule is COc1ccc(CNC(=O)[C@@H](C)Sc2nnc(-c3ccccc3C)n2N)cc1. The van der Waals surface area contributed by atoms with E-state index in [0.717, 1.165) is 22.4 Å². The zero-order chi connectivity index (χ0) is 20.1. The molecule has 3 aromatic rings. The van der Waals surface area contributed by atoms with E-state index < -0.39 is 0 Å². The lowest BCUT2D eigenvalue weighted by Gasteiger charge is -2.12. The molecule has 1 amide bonds. The maximum Gasteiger partial charge on any atom is 0.233 e. The lowest BCUT2D eigenvalue weighted by molar-refractivity contribution is -0.120. The number of nitrogens with two attached hydrogens (primary N) is 1. The molecule has 0 bridgehead atoms. The third-order valence-corrected chi connectivity index (χ3v) is 5.38. The molecule has 0 saturated heterocycles. The highest BCUT2D eigenvalue weighted by Crippen LogP contribution is 2.26. The van der Waals surface area contributed by atoms with Gasteiger partial charge in [-0.2, -0.15) is 0 Å². The number of methoxy groups -OCH3 is 1. The molecule has 1 atom stereocenters. The Bertz CT molecular complexity index is 955. The van der Waals surface area contributed by atoms with E-state index in [2.05, 4.69) is 15.5 Å². The Labute approximate surface area is 168 Å². The highest BCUT2D eigenvalue weighted by Gasteiger charge is 2.20. The monoisotopic (exact) mass is 397 g/mol. The average molecular weight is 398 g/mol. The third-order valence-electron chi connectivity index (χ3n) is 4.33. The largest absolute Gasteiger partial charge is 0.497 e.